The lowest BCUT2D eigenvalue weighted by Gasteiger charge is -2.20. The standard InChI is InChI=1S/C20H31N/c1-9-16(3)13-14-19(6)20(7)21(8)15-11-12-18(5)17(4)10-2/h9-12,14H,5,7,13,15H2,1-4,6,8H3. The summed E-state index contributed by atoms with van der Waals surface area (Å²) < 4.78 is 0. The fourth-order valence-electron chi connectivity index (χ4n) is 1.63. The van der Waals surface area contributed by atoms with Crippen LogP contribution in [0.5, 0.6) is 0 Å². The molecule has 0 aliphatic rings. The van der Waals surface area contributed by atoms with E-state index >= 15 is 0 Å². The Morgan fingerprint density at radius 1 is 1.00 bits per heavy atom. The molecule has 0 aliphatic heterocycles. The van der Waals surface area contributed by atoms with E-state index in [-0.39, 0.29) is 0 Å². The highest BCUT2D eigenvalue weighted by Crippen LogP contribution is 2.14. The summed E-state index contributed by atoms with van der Waals surface area (Å²) in [6.45, 7) is 19.5. The quantitative estimate of drug-likeness (QED) is 0.401. The maximum Gasteiger partial charge on any atom is 0.0359 e. The van der Waals surface area contributed by atoms with Gasteiger partial charge in [0.15, 0.2) is 0 Å². The summed E-state index contributed by atoms with van der Waals surface area (Å²) in [6, 6.07) is 0. The molecule has 0 atom stereocenters. The first-order valence-electron chi connectivity index (χ1n) is 7.51. The number of rotatable bonds is 8. The van der Waals surface area contributed by atoms with Crippen molar-refractivity contribution < 1.29 is 0 Å². The summed E-state index contributed by atoms with van der Waals surface area (Å²) in [6.07, 6.45) is 11.6. The Kier molecular flexibility index (Phi) is 9.20. The van der Waals surface area contributed by atoms with E-state index in [0.717, 1.165) is 24.2 Å². The van der Waals surface area contributed by atoms with Gasteiger partial charge in [0.2, 0.25) is 0 Å². The lowest BCUT2D eigenvalue weighted by Crippen LogP contribution is -2.17. The number of hydrogen-bond acceptors (Lipinski definition) is 1. The minimum absolute atomic E-state index is 0.836. The van der Waals surface area contributed by atoms with Gasteiger partial charge in [-0.15, -0.1) is 0 Å². The topological polar surface area (TPSA) is 3.24 Å². The van der Waals surface area contributed by atoms with Gasteiger partial charge in [0, 0.05) is 19.3 Å². The van der Waals surface area contributed by atoms with Gasteiger partial charge in [0.1, 0.15) is 0 Å². The van der Waals surface area contributed by atoms with Crippen molar-refractivity contribution in [1.29, 1.82) is 0 Å². The highest BCUT2D eigenvalue weighted by atomic mass is 15.1. The van der Waals surface area contributed by atoms with Crippen molar-refractivity contribution in [3.05, 3.63) is 71.5 Å². The van der Waals surface area contributed by atoms with Gasteiger partial charge in [0.05, 0.1) is 0 Å². The van der Waals surface area contributed by atoms with Crippen LogP contribution in [0, 0.1) is 0 Å². The van der Waals surface area contributed by atoms with Crippen molar-refractivity contribution in [3.63, 3.8) is 0 Å². The molecule has 0 spiro atoms. The minimum atomic E-state index is 0.836. The second-order valence-corrected chi connectivity index (χ2v) is 5.45. The van der Waals surface area contributed by atoms with Crippen LogP contribution in [0.15, 0.2) is 71.5 Å². The third-order valence-electron chi connectivity index (χ3n) is 3.78. The van der Waals surface area contributed by atoms with Crippen LogP contribution < -0.4 is 0 Å². The highest BCUT2D eigenvalue weighted by Gasteiger charge is 2.02. The number of likely N-dealkylation sites (N-methyl/N-ethyl adjacent to an activating group) is 1. The zero-order valence-electron chi connectivity index (χ0n) is 14.7. The van der Waals surface area contributed by atoms with Gasteiger partial charge in [-0.1, -0.05) is 49.1 Å². The maximum atomic E-state index is 4.18. The zero-order chi connectivity index (χ0) is 16.4. The summed E-state index contributed by atoms with van der Waals surface area (Å²) in [7, 11) is 2.07. The van der Waals surface area contributed by atoms with Crippen LogP contribution in [0.2, 0.25) is 0 Å². The molecule has 0 saturated heterocycles. The van der Waals surface area contributed by atoms with Gasteiger partial charge < -0.3 is 4.90 Å². The fraction of sp³-hybridized carbons (Fsp3) is 0.400. The first-order chi connectivity index (χ1) is 9.83. The van der Waals surface area contributed by atoms with Crippen molar-refractivity contribution in [2.45, 2.75) is 41.0 Å². The molecule has 0 amide bonds. The van der Waals surface area contributed by atoms with E-state index < -0.39 is 0 Å². The van der Waals surface area contributed by atoms with Gasteiger partial charge >= 0.3 is 0 Å². The predicted molar refractivity (Wildman–Crippen MR) is 97.3 cm³/mol. The van der Waals surface area contributed by atoms with E-state index in [1.807, 2.05) is 6.92 Å². The third kappa shape index (κ3) is 7.55. The molecule has 0 bridgehead atoms. The van der Waals surface area contributed by atoms with Crippen LogP contribution in [0.1, 0.15) is 41.0 Å². The molecule has 0 aliphatic carbocycles. The highest BCUT2D eigenvalue weighted by molar-refractivity contribution is 5.35. The Hall–Kier alpha value is -1.76. The number of nitrogens with zero attached hydrogens (tertiary/aromatic N) is 1. The Labute approximate surface area is 131 Å². The predicted octanol–water partition coefficient (Wildman–Crippen LogP) is 5.81. The molecular weight excluding hydrogens is 254 g/mol. The van der Waals surface area contributed by atoms with Gasteiger partial charge in [0.25, 0.3) is 0 Å². The van der Waals surface area contributed by atoms with E-state index in [9.17, 15) is 0 Å². The molecule has 1 heteroatoms. The van der Waals surface area contributed by atoms with Crippen LogP contribution >= 0.6 is 0 Å². The molecule has 0 aromatic rings. The van der Waals surface area contributed by atoms with Gasteiger partial charge in [-0.2, -0.15) is 0 Å². The molecule has 0 N–H and O–H groups in total. The average molecular weight is 285 g/mol. The van der Waals surface area contributed by atoms with E-state index in [1.54, 1.807) is 0 Å². The second kappa shape index (κ2) is 10.0. The molecule has 0 aromatic carbocycles. The summed E-state index contributed by atoms with van der Waals surface area (Å²) in [5.41, 5.74) is 5.95. The first kappa shape index (κ1) is 19.2. The molecular formula is C20H31N. The fourth-order valence-corrected chi connectivity index (χ4v) is 1.63. The van der Waals surface area contributed by atoms with Gasteiger partial charge in [-0.05, 0) is 57.8 Å². The summed E-state index contributed by atoms with van der Waals surface area (Å²) >= 11 is 0. The van der Waals surface area contributed by atoms with Crippen LogP contribution in [-0.2, 0) is 0 Å². The lowest BCUT2D eigenvalue weighted by atomic mass is 10.1. The molecule has 21 heavy (non-hydrogen) atoms. The average Bonchev–Trinajstić information content (AvgIpc) is 2.49. The van der Waals surface area contributed by atoms with Crippen molar-refractivity contribution >= 4 is 0 Å². The molecule has 0 fully saturated rings. The number of allylic oxidation sites excluding steroid dienone is 8. The first-order valence-corrected chi connectivity index (χ1v) is 7.51. The van der Waals surface area contributed by atoms with Crippen LogP contribution in [0.25, 0.3) is 0 Å². The summed E-state index contributed by atoms with van der Waals surface area (Å²) in [5, 5.41) is 0. The minimum Gasteiger partial charge on any atom is -0.371 e. The zero-order valence-corrected chi connectivity index (χ0v) is 14.7. The molecule has 0 saturated carbocycles. The SMILES string of the molecule is C=C(C=CCN(C)C(=C)C(C)=CCC(C)=CC)C(C)=CC. The van der Waals surface area contributed by atoms with Crippen LogP contribution in [0.3, 0.4) is 0 Å². The molecule has 1 nitrogen and oxygen atoms in total. The third-order valence-corrected chi connectivity index (χ3v) is 3.78. The Morgan fingerprint density at radius 2 is 1.62 bits per heavy atom. The maximum absolute atomic E-state index is 4.18. The van der Waals surface area contributed by atoms with Crippen molar-refractivity contribution in [2.24, 2.45) is 0 Å². The van der Waals surface area contributed by atoms with E-state index in [4.69, 9.17) is 0 Å². The Morgan fingerprint density at radius 3 is 2.14 bits per heavy atom. The largest absolute Gasteiger partial charge is 0.371 e. The van der Waals surface area contributed by atoms with Crippen LogP contribution in [-0.4, -0.2) is 18.5 Å². The van der Waals surface area contributed by atoms with Gasteiger partial charge in [-0.25, -0.2) is 0 Å². The summed E-state index contributed by atoms with van der Waals surface area (Å²) in [4.78, 5) is 2.16. The monoisotopic (exact) mass is 285 g/mol. The lowest BCUT2D eigenvalue weighted by molar-refractivity contribution is 0.474. The molecule has 0 radical (unpaired) electrons. The smallest absolute Gasteiger partial charge is 0.0359 e. The van der Waals surface area contributed by atoms with E-state index in [2.05, 4.69) is 83.2 Å². The molecule has 0 unspecified atom stereocenters. The second-order valence-electron chi connectivity index (χ2n) is 5.45. The van der Waals surface area contributed by atoms with Crippen molar-refractivity contribution in [1.82, 2.24) is 4.90 Å². The van der Waals surface area contributed by atoms with Crippen molar-refractivity contribution in [2.75, 3.05) is 13.6 Å². The molecule has 0 rings (SSSR count). The molecule has 0 heterocycles. The molecule has 0 aromatic heterocycles. The van der Waals surface area contributed by atoms with E-state index in [1.165, 1.54) is 16.7 Å². The normalized spacial score (nSPS) is 13.7. The number of hydrogen-bond donors (Lipinski definition) is 0. The Bertz CT molecular complexity index is 484. The van der Waals surface area contributed by atoms with Gasteiger partial charge in [-0.3, -0.25) is 0 Å². The summed E-state index contributed by atoms with van der Waals surface area (Å²) in [5.74, 6) is 0. The van der Waals surface area contributed by atoms with E-state index in [0.29, 0.717) is 0 Å². The van der Waals surface area contributed by atoms with Crippen LogP contribution in [0.4, 0.5) is 0 Å². The molecule has 116 valence electrons. The Balaban J connectivity index is 4.53. The van der Waals surface area contributed by atoms with Crippen molar-refractivity contribution in [3.8, 4) is 0 Å².